The lowest BCUT2D eigenvalue weighted by Crippen LogP contribution is -2.14. The van der Waals surface area contributed by atoms with Gasteiger partial charge in [-0.3, -0.25) is 0 Å². The number of carboxylic acid groups (broad SMARTS) is 1. The lowest BCUT2D eigenvalue weighted by atomic mass is 9.93. The number of nitrogens with zero attached hydrogens (tertiary/aromatic N) is 4. The Bertz CT molecular complexity index is 6210. The standard InChI is InChI=1S/C110H106N4O4S4/c1-7-13-17-19-25-82-67-103(121-102(82)69-84(70-111)110(115)116)100-65-63-98(119-100)99-64-66-101(120-99)104-68-83(26-20-18-14-8-2)109(122-104)81-35-41-85(42-36-81)112(86-43-47-88(48-44-86)113(90-51-55-92(56-52-90)117-71-73(11-5)23-15-9-3)96-61-39-79-33-31-75-27-21-29-77-37-59-94(96)107(79)105(75)77)87-45-49-89(50-46-87)114(91-53-57-93(58-54-91)118-72-74(12-6)24-16-10-4)97-62-40-80-34-32-76-28-22-30-78-38-60-95(97)108(80)106(76)78/h21-22,27-69,73-74H,7-20,23-26,71-72H2,1-6H3,(H,115,116)/b84-69+. The number of nitriles is 1. The van der Waals surface area contributed by atoms with Crippen molar-refractivity contribution in [3.8, 4) is 57.3 Å². The molecule has 0 saturated carbocycles. The minimum atomic E-state index is -1.20. The first-order valence-electron chi connectivity index (χ1n) is 44.3. The van der Waals surface area contributed by atoms with Crippen molar-refractivity contribution in [2.75, 3.05) is 27.9 Å². The Morgan fingerprint density at radius 1 is 0.377 bits per heavy atom. The molecule has 2 atom stereocenters. The zero-order valence-corrected chi connectivity index (χ0v) is 74.1. The van der Waals surface area contributed by atoms with E-state index in [-0.39, 0.29) is 5.57 Å². The van der Waals surface area contributed by atoms with Crippen LogP contribution in [-0.2, 0) is 17.6 Å². The zero-order chi connectivity index (χ0) is 83.6. The summed E-state index contributed by atoms with van der Waals surface area (Å²) in [5.41, 5.74) is 12.9. The van der Waals surface area contributed by atoms with Crippen molar-refractivity contribution in [3.63, 3.8) is 0 Å². The second-order valence-electron chi connectivity index (χ2n) is 32.8. The topological polar surface area (TPSA) is 89.3 Å². The van der Waals surface area contributed by atoms with Gasteiger partial charge in [0.1, 0.15) is 23.1 Å². The van der Waals surface area contributed by atoms with E-state index in [1.165, 1.54) is 158 Å². The summed E-state index contributed by atoms with van der Waals surface area (Å²) >= 11 is 7.09. The number of aryl methyl sites for hydroxylation is 2. The molecule has 4 aromatic heterocycles. The van der Waals surface area contributed by atoms with Crippen LogP contribution in [-0.4, -0.2) is 24.3 Å². The maximum absolute atomic E-state index is 12.0. The smallest absolute Gasteiger partial charge is 0.346 e. The zero-order valence-electron chi connectivity index (χ0n) is 70.9. The molecule has 2 unspecified atom stereocenters. The number of hydrogen-bond acceptors (Lipinski definition) is 11. The fourth-order valence-corrected chi connectivity index (χ4v) is 22.5. The average Bonchev–Trinajstić information content (AvgIpc) is 1.11. The highest BCUT2D eigenvalue weighted by Gasteiger charge is 2.26. The number of aliphatic carboxylic acids is 1. The summed E-state index contributed by atoms with van der Waals surface area (Å²) in [4.78, 5) is 28.7. The summed E-state index contributed by atoms with van der Waals surface area (Å²) in [5.74, 6) is 1.60. The first-order chi connectivity index (χ1) is 60.0. The van der Waals surface area contributed by atoms with Gasteiger partial charge >= 0.3 is 5.97 Å². The SMILES string of the molecule is CCCCCCc1cc(-c2ccc(-c3ccc(-c4cc(CCCCCC)c(-c5ccc(N(c6ccc(N(c7ccc(OCC(CC)CCCC)cc7)c7ccc8ccc9cccc%10ccc7c8c9%10)cc6)c6ccc(N(c7ccc(OCC(CC)CCCC)cc7)c7ccc8ccc9cccc%10ccc7c8c9%10)cc6)cc5)s4)s3)s2)sc1/C=C(\C#N)C(=O)O. The van der Waals surface area contributed by atoms with Crippen LogP contribution in [0.4, 0.5) is 51.2 Å². The number of thiophene rings is 4. The van der Waals surface area contributed by atoms with Crippen LogP contribution < -0.4 is 24.2 Å². The summed E-state index contributed by atoms with van der Waals surface area (Å²) in [6, 6.07) is 102. The van der Waals surface area contributed by atoms with Crippen LogP contribution in [0.25, 0.3) is 110 Å². The van der Waals surface area contributed by atoms with Crippen LogP contribution in [0.2, 0.25) is 0 Å². The maximum Gasteiger partial charge on any atom is 0.346 e. The van der Waals surface area contributed by atoms with Gasteiger partial charge in [0.2, 0.25) is 0 Å². The van der Waals surface area contributed by atoms with Gasteiger partial charge in [-0.05, 0) is 285 Å². The van der Waals surface area contributed by atoms with Crippen molar-refractivity contribution >= 4 is 173 Å². The number of unbranched alkanes of at least 4 members (excludes halogenated alkanes) is 8. The molecule has 8 nitrogen and oxygen atoms in total. The van der Waals surface area contributed by atoms with Gasteiger partial charge in [0.15, 0.2) is 0 Å². The normalized spacial score (nSPS) is 12.4. The molecule has 0 radical (unpaired) electrons. The number of hydrogen-bond donors (Lipinski definition) is 1. The Labute approximate surface area is 734 Å². The molecule has 0 saturated heterocycles. The maximum atomic E-state index is 12.0. The third-order valence-electron chi connectivity index (χ3n) is 24.7. The van der Waals surface area contributed by atoms with Gasteiger partial charge in [-0.15, -0.1) is 45.3 Å². The van der Waals surface area contributed by atoms with Gasteiger partial charge in [-0.1, -0.05) is 228 Å². The second-order valence-corrected chi connectivity index (χ2v) is 37.1. The number of carbonyl (C=O) groups is 1. The molecule has 122 heavy (non-hydrogen) atoms. The van der Waals surface area contributed by atoms with Crippen LogP contribution in [0.5, 0.6) is 11.5 Å². The van der Waals surface area contributed by atoms with E-state index >= 15 is 0 Å². The van der Waals surface area contributed by atoms with E-state index in [2.05, 4.69) is 323 Å². The molecule has 0 bridgehead atoms. The predicted molar refractivity (Wildman–Crippen MR) is 526 cm³/mol. The fourth-order valence-electron chi connectivity index (χ4n) is 17.8. The van der Waals surface area contributed by atoms with E-state index in [1.54, 1.807) is 28.7 Å². The monoisotopic (exact) mass is 1670 g/mol. The van der Waals surface area contributed by atoms with Crippen LogP contribution in [0.1, 0.15) is 160 Å². The summed E-state index contributed by atoms with van der Waals surface area (Å²) in [6.45, 7) is 15.0. The average molecular weight is 1680 g/mol. The first-order valence-corrected chi connectivity index (χ1v) is 47.6. The molecule has 17 aromatic rings. The largest absolute Gasteiger partial charge is 0.493 e. The number of carboxylic acids is 1. The van der Waals surface area contributed by atoms with E-state index in [9.17, 15) is 15.2 Å². The molecule has 0 amide bonds. The van der Waals surface area contributed by atoms with Crippen LogP contribution in [0, 0.1) is 23.2 Å². The van der Waals surface area contributed by atoms with E-state index in [1.807, 2.05) is 28.7 Å². The molecule has 614 valence electrons. The van der Waals surface area contributed by atoms with Crippen molar-refractivity contribution in [3.05, 3.63) is 288 Å². The molecule has 1 N–H and O–H groups in total. The predicted octanol–water partition coefficient (Wildman–Crippen LogP) is 34.2. The minimum absolute atomic E-state index is 0.239. The highest BCUT2D eigenvalue weighted by molar-refractivity contribution is 7.29. The van der Waals surface area contributed by atoms with E-state index in [0.29, 0.717) is 25.0 Å². The number of ether oxygens (including phenoxy) is 2. The Balaban J connectivity index is 0.754. The third kappa shape index (κ3) is 17.6. The van der Waals surface area contributed by atoms with Crippen LogP contribution >= 0.6 is 45.3 Å². The van der Waals surface area contributed by atoms with Gasteiger partial charge in [0.25, 0.3) is 0 Å². The molecule has 0 aliphatic heterocycles. The van der Waals surface area contributed by atoms with E-state index in [4.69, 9.17) is 9.47 Å². The van der Waals surface area contributed by atoms with Crippen molar-refractivity contribution in [2.45, 2.75) is 157 Å². The van der Waals surface area contributed by atoms with Gasteiger partial charge in [0.05, 0.1) is 24.6 Å². The van der Waals surface area contributed by atoms with Crippen molar-refractivity contribution in [2.24, 2.45) is 11.8 Å². The van der Waals surface area contributed by atoms with E-state index in [0.717, 1.165) is 141 Å². The molecule has 4 heterocycles. The summed E-state index contributed by atoms with van der Waals surface area (Å²) in [6.07, 6.45) is 21.9. The van der Waals surface area contributed by atoms with Crippen LogP contribution in [0.3, 0.4) is 0 Å². The molecule has 13 aromatic carbocycles. The lowest BCUT2D eigenvalue weighted by molar-refractivity contribution is -0.132. The molecule has 0 spiro atoms. The molecular formula is C110H106N4O4S4. The number of rotatable bonds is 39. The molecule has 0 aliphatic carbocycles. The van der Waals surface area contributed by atoms with Gasteiger partial charge < -0.3 is 29.3 Å². The minimum Gasteiger partial charge on any atom is -0.493 e. The first kappa shape index (κ1) is 82.7. The molecular weight excluding hydrogens is 1570 g/mol. The highest BCUT2D eigenvalue weighted by atomic mass is 32.1. The lowest BCUT2D eigenvalue weighted by Gasteiger charge is -2.30. The van der Waals surface area contributed by atoms with Crippen molar-refractivity contribution in [1.29, 1.82) is 5.26 Å². The molecule has 17 rings (SSSR count). The summed E-state index contributed by atoms with van der Waals surface area (Å²) in [7, 11) is 0. The van der Waals surface area contributed by atoms with Crippen molar-refractivity contribution < 1.29 is 19.4 Å². The third-order valence-corrected chi connectivity index (χ3v) is 29.8. The Morgan fingerprint density at radius 3 is 1.15 bits per heavy atom. The Kier molecular flexibility index (Phi) is 25.9. The van der Waals surface area contributed by atoms with E-state index < -0.39 is 5.97 Å². The number of anilines is 9. The Hall–Kier alpha value is -11.6. The second kappa shape index (κ2) is 38.2. The Morgan fingerprint density at radius 2 is 0.738 bits per heavy atom. The van der Waals surface area contributed by atoms with Crippen LogP contribution in [0.15, 0.2) is 272 Å². The van der Waals surface area contributed by atoms with Crippen molar-refractivity contribution in [1.82, 2.24) is 0 Å². The van der Waals surface area contributed by atoms with Gasteiger partial charge in [-0.25, -0.2) is 4.79 Å². The molecule has 0 fully saturated rings. The quantitative estimate of drug-likeness (QED) is 0.0176. The molecule has 12 heteroatoms. The fraction of sp³-hybridized carbons (Fsp3) is 0.255. The number of benzene rings is 13. The summed E-state index contributed by atoms with van der Waals surface area (Å²) in [5, 5.41) is 34.5. The highest BCUT2D eigenvalue weighted by Crippen LogP contribution is 2.51. The van der Waals surface area contributed by atoms with Gasteiger partial charge in [-0.2, -0.15) is 5.26 Å². The van der Waals surface area contributed by atoms with Gasteiger partial charge in [0, 0.05) is 89.6 Å². The molecule has 0 aliphatic rings. The summed E-state index contributed by atoms with van der Waals surface area (Å²) < 4.78 is 13.2.